The number of rotatable bonds is 8. The number of aryl methyl sites for hydroxylation is 1. The molecular formula is C125H78F12. The van der Waals surface area contributed by atoms with Gasteiger partial charge in [-0.3, -0.25) is 0 Å². The van der Waals surface area contributed by atoms with Gasteiger partial charge in [0.1, 0.15) is 0 Å². The van der Waals surface area contributed by atoms with Gasteiger partial charge in [-0.1, -0.05) is 400 Å². The van der Waals surface area contributed by atoms with Crippen molar-refractivity contribution >= 4 is 129 Å². The predicted molar refractivity (Wildman–Crippen MR) is 544 cm³/mol. The van der Waals surface area contributed by atoms with Gasteiger partial charge in [0.05, 0.1) is 22.3 Å². The third-order valence-corrected chi connectivity index (χ3v) is 26.1. The van der Waals surface area contributed by atoms with Gasteiger partial charge in [0.25, 0.3) is 0 Å². The summed E-state index contributed by atoms with van der Waals surface area (Å²) in [4.78, 5) is 0. The molecule has 0 N–H and O–H groups in total. The summed E-state index contributed by atoms with van der Waals surface area (Å²) in [5, 5.41) is 25.3. The van der Waals surface area contributed by atoms with Crippen molar-refractivity contribution in [1.29, 1.82) is 0 Å². The van der Waals surface area contributed by atoms with E-state index in [4.69, 9.17) is 0 Å². The minimum absolute atomic E-state index is 0.135. The Morgan fingerprint density at radius 1 is 0.131 bits per heavy atom. The zero-order valence-electron chi connectivity index (χ0n) is 73.3. The number of hydrogen-bond acceptors (Lipinski definition) is 0. The van der Waals surface area contributed by atoms with Crippen LogP contribution in [-0.4, -0.2) is 0 Å². The molecule has 137 heavy (non-hydrogen) atoms. The zero-order chi connectivity index (χ0) is 94.0. The van der Waals surface area contributed by atoms with E-state index >= 15 is 0 Å². The molecule has 0 aliphatic carbocycles. The van der Waals surface area contributed by atoms with Gasteiger partial charge >= 0.3 is 24.7 Å². The average Bonchev–Trinajstić information content (AvgIpc) is 0.728. The summed E-state index contributed by atoms with van der Waals surface area (Å²) < 4.78 is 162. The van der Waals surface area contributed by atoms with Crippen molar-refractivity contribution in [2.75, 3.05) is 0 Å². The third-order valence-electron chi connectivity index (χ3n) is 26.1. The van der Waals surface area contributed by atoms with Gasteiger partial charge < -0.3 is 0 Å². The summed E-state index contributed by atoms with van der Waals surface area (Å²) in [5.74, 6) is 0. The van der Waals surface area contributed by atoms with E-state index in [1.54, 1.807) is 42.5 Å². The third kappa shape index (κ3) is 16.6. The highest BCUT2D eigenvalue weighted by Gasteiger charge is 2.39. The first kappa shape index (κ1) is 87.2. The monoisotopic (exact) mass is 1810 g/mol. The van der Waals surface area contributed by atoms with Crippen LogP contribution in [0.4, 0.5) is 52.7 Å². The lowest BCUT2D eigenvalue weighted by atomic mass is 9.84. The van der Waals surface area contributed by atoms with Gasteiger partial charge in [-0.25, -0.2) is 0 Å². The second-order valence-electron chi connectivity index (χ2n) is 34.4. The Morgan fingerprint density at radius 3 is 0.737 bits per heavy atom. The number of alkyl halides is 12. The Balaban J connectivity index is 0.000000110. The van der Waals surface area contributed by atoms with E-state index in [9.17, 15) is 52.7 Å². The fraction of sp³-hybridized carbons (Fsp3) is 0.0400. The van der Waals surface area contributed by atoms with E-state index < -0.39 is 47.0 Å². The van der Waals surface area contributed by atoms with E-state index in [1.807, 2.05) is 152 Å². The number of halogens is 12. The molecule has 0 unspecified atom stereocenters. The van der Waals surface area contributed by atoms with Gasteiger partial charge in [0, 0.05) is 0 Å². The first-order valence-electron chi connectivity index (χ1n) is 44.9. The van der Waals surface area contributed by atoms with Crippen LogP contribution in [0.1, 0.15) is 27.8 Å². The summed E-state index contributed by atoms with van der Waals surface area (Å²) in [5.41, 5.74) is 12.0. The molecule has 0 bridgehead atoms. The minimum atomic E-state index is -4.94. The summed E-state index contributed by atoms with van der Waals surface area (Å²) in [6, 6.07) is 145. The molecule has 0 aliphatic rings. The van der Waals surface area contributed by atoms with E-state index in [-0.39, 0.29) is 11.6 Å². The Bertz CT molecular complexity index is 8590. The van der Waals surface area contributed by atoms with Crippen molar-refractivity contribution in [2.45, 2.75) is 31.6 Å². The van der Waals surface area contributed by atoms with Crippen LogP contribution in [0.3, 0.4) is 0 Å². The minimum Gasteiger partial charge on any atom is -0.166 e. The molecular weight excluding hydrogens is 1730 g/mol. The van der Waals surface area contributed by atoms with Crippen LogP contribution in [0, 0.1) is 6.92 Å². The van der Waals surface area contributed by atoms with Gasteiger partial charge in [-0.15, -0.1) is 0 Å². The molecule has 24 aromatic carbocycles. The maximum Gasteiger partial charge on any atom is 0.416 e. The summed E-state index contributed by atoms with van der Waals surface area (Å²) in [7, 11) is 0. The molecule has 12 heteroatoms. The zero-order valence-corrected chi connectivity index (χ0v) is 73.3. The van der Waals surface area contributed by atoms with Crippen molar-refractivity contribution in [2.24, 2.45) is 0 Å². The molecule has 0 aliphatic heterocycles. The van der Waals surface area contributed by atoms with Crippen molar-refractivity contribution in [1.82, 2.24) is 0 Å². The molecule has 662 valence electrons. The maximum absolute atomic E-state index is 13.7. The molecule has 0 fully saturated rings. The smallest absolute Gasteiger partial charge is 0.166 e. The standard InChI is InChI=1S/C35H21F3.C32H18F6.C31H22.C27H17F3/c36-35(37,38)24-19-17-22(18-20-24)33-28-13-5-7-15-30(28)34(31-16-8-6-14-29(31)33)32-21-23-9-1-2-10-25(23)26-11-3-4-12-27(26)32;33-31(34,35)23-16-22(17-24(18-23)32(36,37)38)30-27-11-5-3-9-25(27)29(26-10-4-6-12-28(26)30)21-14-13-19-7-1-2-8-20(19)15-21;1-21-9-8-12-24(19-21)30-26-13-4-6-15-28(26)31(29-16-7-5-14-27(29)30)25-18-17-22-10-2-3-11-23(22)20-25;28-27(29,30)20-12-8-11-19(17-20)26-23-15-6-4-13-21(23)25(18-9-2-1-3-10-18)22-14-5-7-16-24(22)26/h1-21H;1-18H;2-20H,1H3;1-17H. The quantitative estimate of drug-likeness (QED) is 0.0808. The largest absolute Gasteiger partial charge is 0.416 e. The van der Waals surface area contributed by atoms with Crippen LogP contribution in [0.25, 0.3) is 218 Å². The van der Waals surface area contributed by atoms with Crippen molar-refractivity contribution in [3.63, 3.8) is 0 Å². The molecule has 0 nitrogen and oxygen atoms in total. The first-order valence-corrected chi connectivity index (χ1v) is 44.9. The Morgan fingerprint density at radius 2 is 0.380 bits per heavy atom. The fourth-order valence-electron chi connectivity index (χ4n) is 20.1. The topological polar surface area (TPSA) is 0 Å². The molecule has 0 saturated heterocycles. The SMILES string of the molecule is Cc1cccc(-c2c3ccccc3c(-c3ccc4ccccc4c3)c3ccccc23)c1.FC(F)(F)c1cc(-c2c3ccccc3c(-c3ccc4ccccc4c3)c3ccccc23)cc(C(F)(F)F)c1.FC(F)(F)c1ccc(-c2c3ccccc3c(-c3cc4ccccc4c4ccccc34)c3ccccc23)cc1.FC(F)(F)c1cccc(-c2c3ccccc3c(-c3ccccc3)c3ccccc23)c1. The first-order chi connectivity index (χ1) is 66.4. The predicted octanol–water partition coefficient (Wildman–Crippen LogP) is 38.3. The van der Waals surface area contributed by atoms with E-state index in [2.05, 4.69) is 219 Å². The van der Waals surface area contributed by atoms with Gasteiger partial charge in [-0.2, -0.15) is 52.7 Å². The summed E-state index contributed by atoms with van der Waals surface area (Å²) in [6.45, 7) is 2.16. The molecule has 0 spiro atoms. The second-order valence-corrected chi connectivity index (χ2v) is 34.4. The van der Waals surface area contributed by atoms with E-state index in [0.29, 0.717) is 21.9 Å². The van der Waals surface area contributed by atoms with E-state index in [0.717, 1.165) is 133 Å². The average molecular weight is 1810 g/mol. The van der Waals surface area contributed by atoms with Crippen molar-refractivity contribution in [3.05, 3.63) is 483 Å². The number of benzene rings is 24. The van der Waals surface area contributed by atoms with Gasteiger partial charge in [0.2, 0.25) is 0 Å². The fourth-order valence-corrected chi connectivity index (χ4v) is 20.1. The van der Waals surface area contributed by atoms with Crippen LogP contribution in [-0.2, 0) is 24.7 Å². The molecule has 0 amide bonds. The number of fused-ring (bicyclic) bond motifs is 13. The highest BCUT2D eigenvalue weighted by molar-refractivity contribution is 6.28. The Labute approximate surface area is 780 Å². The van der Waals surface area contributed by atoms with Crippen LogP contribution in [0.15, 0.2) is 455 Å². The van der Waals surface area contributed by atoms with Crippen LogP contribution in [0.2, 0.25) is 0 Å². The summed E-state index contributed by atoms with van der Waals surface area (Å²) >= 11 is 0. The molecule has 0 radical (unpaired) electrons. The molecule has 24 aromatic rings. The highest BCUT2D eigenvalue weighted by atomic mass is 19.4. The second kappa shape index (κ2) is 35.5. The van der Waals surface area contributed by atoms with Gasteiger partial charge in [0.15, 0.2) is 0 Å². The van der Waals surface area contributed by atoms with Crippen molar-refractivity contribution < 1.29 is 52.7 Å². The lowest BCUT2D eigenvalue weighted by molar-refractivity contribution is -0.143. The Hall–Kier alpha value is -16.4. The molecule has 24 rings (SSSR count). The normalized spacial score (nSPS) is 12.0. The maximum atomic E-state index is 13.7. The summed E-state index contributed by atoms with van der Waals surface area (Å²) in [6.07, 6.45) is -18.6. The van der Waals surface area contributed by atoms with Crippen LogP contribution in [0.5, 0.6) is 0 Å². The molecule has 0 saturated carbocycles. The lowest BCUT2D eigenvalue weighted by Gasteiger charge is -2.20. The van der Waals surface area contributed by atoms with Crippen LogP contribution >= 0.6 is 0 Å². The molecule has 0 atom stereocenters. The van der Waals surface area contributed by atoms with E-state index in [1.165, 1.54) is 106 Å². The number of hydrogen-bond donors (Lipinski definition) is 0. The van der Waals surface area contributed by atoms with Crippen molar-refractivity contribution in [3.8, 4) is 89.0 Å². The van der Waals surface area contributed by atoms with Crippen LogP contribution < -0.4 is 0 Å². The van der Waals surface area contributed by atoms with Gasteiger partial charge in [-0.05, 0) is 286 Å². The lowest BCUT2D eigenvalue weighted by Crippen LogP contribution is -2.11. The highest BCUT2D eigenvalue weighted by Crippen LogP contribution is 2.53. The Kier molecular flexibility index (Phi) is 22.6. The molecule has 0 heterocycles. The molecule has 0 aromatic heterocycles.